The van der Waals surface area contributed by atoms with E-state index in [1.807, 2.05) is 24.3 Å². The number of carbonyl (C=O) groups is 1. The molecule has 0 saturated carbocycles. The van der Waals surface area contributed by atoms with Gasteiger partial charge in [-0.1, -0.05) is 12.1 Å². The highest BCUT2D eigenvalue weighted by Crippen LogP contribution is 2.21. The predicted molar refractivity (Wildman–Crippen MR) is 81.9 cm³/mol. The summed E-state index contributed by atoms with van der Waals surface area (Å²) >= 11 is 2.24. The number of ether oxygens (including phenoxy) is 1. The van der Waals surface area contributed by atoms with Gasteiger partial charge in [0.05, 0.1) is 12.7 Å². The number of carboxylic acids is 1. The van der Waals surface area contributed by atoms with Crippen molar-refractivity contribution in [2.24, 2.45) is 0 Å². The van der Waals surface area contributed by atoms with Crippen LogP contribution in [0.15, 0.2) is 42.5 Å². The van der Waals surface area contributed by atoms with Crippen molar-refractivity contribution in [2.45, 2.75) is 6.42 Å². The topological polar surface area (TPSA) is 46.5 Å². The lowest BCUT2D eigenvalue weighted by atomic mass is 9.99. The van der Waals surface area contributed by atoms with E-state index in [1.165, 1.54) is 0 Å². The summed E-state index contributed by atoms with van der Waals surface area (Å²) in [4.78, 5) is 11.2. The summed E-state index contributed by atoms with van der Waals surface area (Å²) in [7, 11) is 1.57. The fourth-order valence-corrected chi connectivity index (χ4v) is 2.53. The molecule has 2 rings (SSSR count). The van der Waals surface area contributed by atoms with Gasteiger partial charge >= 0.3 is 5.97 Å². The Hall–Kier alpha value is -1.56. The Bertz CT molecular complexity index is 608. The van der Waals surface area contributed by atoms with E-state index >= 15 is 0 Å². The van der Waals surface area contributed by atoms with Gasteiger partial charge in [-0.2, -0.15) is 0 Å². The third-order valence-corrected chi connectivity index (χ3v) is 3.50. The SMILES string of the molecule is COc1ccc(C(=O)O)c(Cc2cccc(I)c2)c1. The van der Waals surface area contributed by atoms with Crippen LogP contribution in [0.2, 0.25) is 0 Å². The van der Waals surface area contributed by atoms with Crippen LogP contribution in [0, 0.1) is 3.57 Å². The maximum atomic E-state index is 11.2. The van der Waals surface area contributed by atoms with Crippen LogP contribution in [0.5, 0.6) is 5.75 Å². The van der Waals surface area contributed by atoms with Crippen LogP contribution in [-0.4, -0.2) is 18.2 Å². The summed E-state index contributed by atoms with van der Waals surface area (Å²) in [5, 5.41) is 9.22. The van der Waals surface area contributed by atoms with Crippen LogP contribution in [0.3, 0.4) is 0 Å². The molecule has 0 aliphatic rings. The Labute approximate surface area is 125 Å². The Morgan fingerprint density at radius 1 is 1.26 bits per heavy atom. The molecule has 4 heteroatoms. The number of methoxy groups -OCH3 is 1. The molecule has 0 aliphatic heterocycles. The summed E-state index contributed by atoms with van der Waals surface area (Å²) < 4.78 is 6.29. The molecule has 0 spiro atoms. The number of carboxylic acid groups (broad SMARTS) is 1. The molecule has 1 N–H and O–H groups in total. The third kappa shape index (κ3) is 3.47. The first-order chi connectivity index (χ1) is 9.10. The van der Waals surface area contributed by atoms with Gasteiger partial charge in [-0.15, -0.1) is 0 Å². The van der Waals surface area contributed by atoms with Crippen LogP contribution in [0.1, 0.15) is 21.5 Å². The van der Waals surface area contributed by atoms with Gasteiger partial charge < -0.3 is 9.84 Å². The van der Waals surface area contributed by atoms with Crippen molar-refractivity contribution in [2.75, 3.05) is 7.11 Å². The first kappa shape index (κ1) is 13.9. The molecule has 0 aromatic heterocycles. The Kier molecular flexibility index (Phi) is 4.42. The van der Waals surface area contributed by atoms with Crippen LogP contribution >= 0.6 is 22.6 Å². The Balaban J connectivity index is 2.39. The molecule has 0 heterocycles. The van der Waals surface area contributed by atoms with Gasteiger partial charge in [0.2, 0.25) is 0 Å². The van der Waals surface area contributed by atoms with Gasteiger partial charge in [0.25, 0.3) is 0 Å². The highest BCUT2D eigenvalue weighted by molar-refractivity contribution is 14.1. The highest BCUT2D eigenvalue weighted by atomic mass is 127. The number of halogens is 1. The van der Waals surface area contributed by atoms with Gasteiger partial charge in [-0.3, -0.25) is 0 Å². The van der Waals surface area contributed by atoms with Crippen molar-refractivity contribution >= 4 is 28.6 Å². The van der Waals surface area contributed by atoms with Crippen molar-refractivity contribution in [3.63, 3.8) is 0 Å². The van der Waals surface area contributed by atoms with Crippen LogP contribution in [-0.2, 0) is 6.42 Å². The number of benzene rings is 2. The number of hydrogen-bond acceptors (Lipinski definition) is 2. The molecule has 0 atom stereocenters. The molecule has 2 aromatic carbocycles. The molecule has 0 bridgehead atoms. The third-order valence-electron chi connectivity index (χ3n) is 2.83. The molecule has 0 unspecified atom stereocenters. The second-order valence-electron chi connectivity index (χ2n) is 4.13. The maximum Gasteiger partial charge on any atom is 0.335 e. The summed E-state index contributed by atoms with van der Waals surface area (Å²) in [6.45, 7) is 0. The molecule has 0 saturated heterocycles. The molecule has 3 nitrogen and oxygen atoms in total. The standard InChI is InChI=1S/C15H13IO3/c1-19-13-5-6-14(15(17)18)11(9-13)7-10-3-2-4-12(16)8-10/h2-6,8-9H,7H2,1H3,(H,17,18). The minimum absolute atomic E-state index is 0.319. The normalized spacial score (nSPS) is 10.2. The largest absolute Gasteiger partial charge is 0.497 e. The van der Waals surface area contributed by atoms with E-state index in [0.29, 0.717) is 17.7 Å². The monoisotopic (exact) mass is 368 g/mol. The van der Waals surface area contributed by atoms with Crippen LogP contribution in [0.4, 0.5) is 0 Å². The average Bonchev–Trinajstić information content (AvgIpc) is 2.38. The van der Waals surface area contributed by atoms with Gasteiger partial charge in [-0.25, -0.2) is 4.79 Å². The summed E-state index contributed by atoms with van der Waals surface area (Å²) in [5.74, 6) is -0.242. The van der Waals surface area contributed by atoms with Crippen molar-refractivity contribution in [1.29, 1.82) is 0 Å². The zero-order valence-corrected chi connectivity index (χ0v) is 12.5. The van der Waals surface area contributed by atoms with E-state index in [1.54, 1.807) is 25.3 Å². The molecule has 0 radical (unpaired) electrons. The van der Waals surface area contributed by atoms with Crippen molar-refractivity contribution in [1.82, 2.24) is 0 Å². The van der Waals surface area contributed by atoms with Gasteiger partial charge in [0, 0.05) is 3.57 Å². The minimum Gasteiger partial charge on any atom is -0.497 e. The number of aromatic carboxylic acids is 1. The zero-order valence-electron chi connectivity index (χ0n) is 10.4. The van der Waals surface area contributed by atoms with Gasteiger partial charge in [0.1, 0.15) is 5.75 Å². The van der Waals surface area contributed by atoms with Gasteiger partial charge in [-0.05, 0) is 70.5 Å². The minimum atomic E-state index is -0.914. The number of rotatable bonds is 4. The molecule has 19 heavy (non-hydrogen) atoms. The fourth-order valence-electron chi connectivity index (χ4n) is 1.92. The molecule has 98 valence electrons. The molecular weight excluding hydrogens is 355 g/mol. The molecule has 2 aromatic rings. The lowest BCUT2D eigenvalue weighted by Crippen LogP contribution is -2.03. The van der Waals surface area contributed by atoms with Crippen LogP contribution in [0.25, 0.3) is 0 Å². The van der Waals surface area contributed by atoms with Crippen LogP contribution < -0.4 is 4.74 Å². The summed E-state index contributed by atoms with van der Waals surface area (Å²) in [5.41, 5.74) is 2.16. The molecular formula is C15H13IO3. The maximum absolute atomic E-state index is 11.2. The molecule has 0 aliphatic carbocycles. The van der Waals surface area contributed by atoms with E-state index in [-0.39, 0.29) is 0 Å². The first-order valence-corrected chi connectivity index (χ1v) is 6.82. The first-order valence-electron chi connectivity index (χ1n) is 5.75. The van der Waals surface area contributed by atoms with Crippen molar-refractivity contribution < 1.29 is 14.6 Å². The quantitative estimate of drug-likeness (QED) is 0.840. The molecule has 0 amide bonds. The zero-order chi connectivity index (χ0) is 13.8. The second kappa shape index (κ2) is 6.06. The second-order valence-corrected chi connectivity index (χ2v) is 5.38. The number of hydrogen-bond donors (Lipinski definition) is 1. The van der Waals surface area contributed by atoms with Gasteiger partial charge in [0.15, 0.2) is 0 Å². The van der Waals surface area contributed by atoms with E-state index in [4.69, 9.17) is 4.74 Å². The van der Waals surface area contributed by atoms with E-state index in [0.717, 1.165) is 14.7 Å². The summed E-state index contributed by atoms with van der Waals surface area (Å²) in [6.07, 6.45) is 0.579. The highest BCUT2D eigenvalue weighted by Gasteiger charge is 2.11. The predicted octanol–water partition coefficient (Wildman–Crippen LogP) is 3.59. The smallest absolute Gasteiger partial charge is 0.335 e. The Morgan fingerprint density at radius 3 is 2.68 bits per heavy atom. The lowest BCUT2D eigenvalue weighted by molar-refractivity contribution is 0.0696. The van der Waals surface area contributed by atoms with E-state index in [9.17, 15) is 9.90 Å². The fraction of sp³-hybridized carbons (Fsp3) is 0.133. The van der Waals surface area contributed by atoms with Crippen molar-refractivity contribution in [3.05, 3.63) is 62.7 Å². The lowest BCUT2D eigenvalue weighted by Gasteiger charge is -2.09. The van der Waals surface area contributed by atoms with E-state index in [2.05, 4.69) is 22.6 Å². The average molecular weight is 368 g/mol. The Morgan fingerprint density at radius 2 is 2.05 bits per heavy atom. The molecule has 0 fully saturated rings. The summed E-state index contributed by atoms with van der Waals surface area (Å²) in [6, 6.07) is 13.1. The van der Waals surface area contributed by atoms with E-state index < -0.39 is 5.97 Å². The van der Waals surface area contributed by atoms with Crippen molar-refractivity contribution in [3.8, 4) is 5.75 Å².